The Bertz CT molecular complexity index is 406. The molecule has 0 bridgehead atoms. The van der Waals surface area contributed by atoms with Gasteiger partial charge in [0.05, 0.1) is 12.1 Å². The highest BCUT2D eigenvalue weighted by Crippen LogP contribution is 2.13. The van der Waals surface area contributed by atoms with Crippen LogP contribution in [0.3, 0.4) is 0 Å². The van der Waals surface area contributed by atoms with E-state index in [1.165, 1.54) is 0 Å². The molecule has 0 fully saturated rings. The first-order chi connectivity index (χ1) is 5.83. The first kappa shape index (κ1) is 7.31. The molecule has 3 heteroatoms. The van der Waals surface area contributed by atoms with Gasteiger partial charge in [-0.1, -0.05) is 0 Å². The molecule has 0 aliphatic carbocycles. The molecule has 62 valence electrons. The first-order valence-corrected chi connectivity index (χ1v) is 3.85. The van der Waals surface area contributed by atoms with Crippen molar-refractivity contribution in [1.29, 1.82) is 0 Å². The highest BCUT2D eigenvalue weighted by atomic mass is 16.3. The Morgan fingerprint density at radius 3 is 3.08 bits per heavy atom. The largest absolute Gasteiger partial charge is 0.392 e. The summed E-state index contributed by atoms with van der Waals surface area (Å²) < 4.78 is 1.80. The molecule has 0 saturated heterocycles. The maximum Gasteiger partial charge on any atom is 0.0694 e. The van der Waals surface area contributed by atoms with Gasteiger partial charge in [0.25, 0.3) is 0 Å². The van der Waals surface area contributed by atoms with Gasteiger partial charge < -0.3 is 5.11 Å². The average molecular weight is 162 g/mol. The molecule has 0 aliphatic heterocycles. The van der Waals surface area contributed by atoms with Crippen LogP contribution in [-0.4, -0.2) is 14.7 Å². The predicted molar refractivity (Wildman–Crippen MR) is 45.9 cm³/mol. The molecule has 0 amide bonds. The van der Waals surface area contributed by atoms with E-state index >= 15 is 0 Å². The lowest BCUT2D eigenvalue weighted by Crippen LogP contribution is -1.94. The first-order valence-electron chi connectivity index (χ1n) is 3.85. The Labute approximate surface area is 70.3 Å². The van der Waals surface area contributed by atoms with E-state index in [9.17, 15) is 0 Å². The molecule has 0 aromatic carbocycles. The van der Waals surface area contributed by atoms with Gasteiger partial charge in [-0.2, -0.15) is 5.10 Å². The third-order valence-electron chi connectivity index (χ3n) is 2.12. The van der Waals surface area contributed by atoms with Gasteiger partial charge in [0.2, 0.25) is 0 Å². The molecule has 0 unspecified atom stereocenters. The van der Waals surface area contributed by atoms with Crippen molar-refractivity contribution in [2.75, 3.05) is 0 Å². The van der Waals surface area contributed by atoms with E-state index in [0.717, 1.165) is 16.6 Å². The number of hydrogen-bond donors (Lipinski definition) is 1. The van der Waals surface area contributed by atoms with Gasteiger partial charge in [0.1, 0.15) is 0 Å². The molecule has 1 N–H and O–H groups in total. The Morgan fingerprint density at radius 1 is 1.50 bits per heavy atom. The van der Waals surface area contributed by atoms with Crippen molar-refractivity contribution < 1.29 is 5.11 Å². The van der Waals surface area contributed by atoms with Crippen molar-refractivity contribution in [2.45, 2.75) is 13.5 Å². The summed E-state index contributed by atoms with van der Waals surface area (Å²) in [5, 5.41) is 13.1. The predicted octanol–water partition coefficient (Wildman–Crippen LogP) is 1.14. The number of pyridine rings is 1. The second-order valence-electron chi connectivity index (χ2n) is 2.79. The molecule has 2 aromatic heterocycles. The summed E-state index contributed by atoms with van der Waals surface area (Å²) in [6.07, 6.45) is 3.61. The van der Waals surface area contributed by atoms with Crippen LogP contribution >= 0.6 is 0 Å². The van der Waals surface area contributed by atoms with Gasteiger partial charge >= 0.3 is 0 Å². The van der Waals surface area contributed by atoms with Crippen LogP contribution in [0, 0.1) is 6.92 Å². The van der Waals surface area contributed by atoms with Crippen LogP contribution in [0.2, 0.25) is 0 Å². The molecular formula is C9H10N2O. The minimum atomic E-state index is 0.0908. The molecule has 0 spiro atoms. The van der Waals surface area contributed by atoms with Crippen molar-refractivity contribution in [1.82, 2.24) is 9.61 Å². The highest BCUT2D eigenvalue weighted by Gasteiger charge is 2.01. The van der Waals surface area contributed by atoms with E-state index in [-0.39, 0.29) is 6.61 Å². The number of hydrogen-bond acceptors (Lipinski definition) is 2. The molecule has 2 heterocycles. The molecule has 0 aliphatic rings. The third kappa shape index (κ3) is 0.905. The zero-order valence-electron chi connectivity index (χ0n) is 6.86. The molecule has 0 saturated carbocycles. The van der Waals surface area contributed by atoms with Gasteiger partial charge in [-0.25, -0.2) is 4.52 Å². The van der Waals surface area contributed by atoms with Gasteiger partial charge in [0.15, 0.2) is 0 Å². The maximum absolute atomic E-state index is 8.99. The number of nitrogens with zero attached hydrogens (tertiary/aromatic N) is 2. The van der Waals surface area contributed by atoms with Gasteiger partial charge in [0, 0.05) is 12.4 Å². The van der Waals surface area contributed by atoms with Crippen LogP contribution in [0.15, 0.2) is 24.5 Å². The minimum absolute atomic E-state index is 0.0908. The summed E-state index contributed by atoms with van der Waals surface area (Å²) in [6.45, 7) is 2.08. The summed E-state index contributed by atoms with van der Waals surface area (Å²) in [6, 6.07) is 3.82. The van der Waals surface area contributed by atoms with Gasteiger partial charge in [-0.3, -0.25) is 0 Å². The Kier molecular flexibility index (Phi) is 1.59. The number of rotatable bonds is 1. The minimum Gasteiger partial charge on any atom is -0.392 e. The van der Waals surface area contributed by atoms with Crippen molar-refractivity contribution in [2.24, 2.45) is 0 Å². The molecule has 2 rings (SSSR count). The summed E-state index contributed by atoms with van der Waals surface area (Å²) in [4.78, 5) is 0. The second kappa shape index (κ2) is 2.60. The van der Waals surface area contributed by atoms with Crippen molar-refractivity contribution >= 4 is 5.52 Å². The molecule has 3 nitrogen and oxygen atoms in total. The number of aryl methyl sites for hydroxylation is 1. The molecule has 0 atom stereocenters. The maximum atomic E-state index is 8.99. The van der Waals surface area contributed by atoms with E-state index in [1.54, 1.807) is 10.7 Å². The molecule has 0 radical (unpaired) electrons. The van der Waals surface area contributed by atoms with Gasteiger partial charge in [-0.15, -0.1) is 0 Å². The second-order valence-corrected chi connectivity index (χ2v) is 2.79. The van der Waals surface area contributed by atoms with E-state index in [2.05, 4.69) is 5.10 Å². The van der Waals surface area contributed by atoms with E-state index < -0.39 is 0 Å². The monoisotopic (exact) mass is 162 g/mol. The lowest BCUT2D eigenvalue weighted by atomic mass is 10.1. The number of aromatic nitrogens is 2. The van der Waals surface area contributed by atoms with E-state index in [4.69, 9.17) is 5.11 Å². The van der Waals surface area contributed by atoms with Crippen LogP contribution in [0.1, 0.15) is 11.1 Å². The standard InChI is InChI=1S/C9H10N2O/c1-7-8(6-12)3-5-11-9(7)2-4-10-11/h2-5,12H,6H2,1H3. The molecular weight excluding hydrogens is 152 g/mol. The fourth-order valence-corrected chi connectivity index (χ4v) is 1.35. The fraction of sp³-hybridized carbons (Fsp3) is 0.222. The van der Waals surface area contributed by atoms with Crippen LogP contribution in [0.25, 0.3) is 5.52 Å². The number of fused-ring (bicyclic) bond motifs is 1. The summed E-state index contributed by atoms with van der Waals surface area (Å²) in [5.74, 6) is 0. The zero-order valence-corrected chi connectivity index (χ0v) is 6.86. The average Bonchev–Trinajstić information content (AvgIpc) is 2.53. The Balaban J connectivity index is 2.78. The van der Waals surface area contributed by atoms with Crippen LogP contribution < -0.4 is 0 Å². The van der Waals surface area contributed by atoms with Gasteiger partial charge in [-0.05, 0) is 30.2 Å². The zero-order chi connectivity index (χ0) is 8.55. The van der Waals surface area contributed by atoms with Crippen LogP contribution in [0.5, 0.6) is 0 Å². The molecule has 2 aromatic rings. The van der Waals surface area contributed by atoms with Crippen LogP contribution in [-0.2, 0) is 6.61 Å². The van der Waals surface area contributed by atoms with Crippen molar-refractivity contribution in [3.8, 4) is 0 Å². The SMILES string of the molecule is Cc1c(CO)ccn2nccc12. The van der Waals surface area contributed by atoms with Crippen molar-refractivity contribution in [3.63, 3.8) is 0 Å². The summed E-state index contributed by atoms with van der Waals surface area (Å²) in [5.41, 5.74) is 3.11. The molecule has 12 heavy (non-hydrogen) atoms. The van der Waals surface area contributed by atoms with Crippen molar-refractivity contribution in [3.05, 3.63) is 35.7 Å². The third-order valence-corrected chi connectivity index (χ3v) is 2.12. The van der Waals surface area contributed by atoms with E-state index in [1.807, 2.05) is 25.3 Å². The topological polar surface area (TPSA) is 37.5 Å². The lowest BCUT2D eigenvalue weighted by Gasteiger charge is -2.03. The number of aliphatic hydroxyl groups excluding tert-OH is 1. The van der Waals surface area contributed by atoms with Crippen LogP contribution in [0.4, 0.5) is 0 Å². The summed E-state index contributed by atoms with van der Waals surface area (Å²) >= 11 is 0. The number of aliphatic hydroxyl groups is 1. The Hall–Kier alpha value is -1.35. The summed E-state index contributed by atoms with van der Waals surface area (Å²) in [7, 11) is 0. The fourth-order valence-electron chi connectivity index (χ4n) is 1.35. The normalized spacial score (nSPS) is 10.8. The Morgan fingerprint density at radius 2 is 2.33 bits per heavy atom. The lowest BCUT2D eigenvalue weighted by molar-refractivity contribution is 0.281. The quantitative estimate of drug-likeness (QED) is 0.682. The van der Waals surface area contributed by atoms with E-state index in [0.29, 0.717) is 0 Å². The highest BCUT2D eigenvalue weighted by molar-refractivity contribution is 5.55. The smallest absolute Gasteiger partial charge is 0.0694 e.